The fourth-order valence-corrected chi connectivity index (χ4v) is 1.66. The summed E-state index contributed by atoms with van der Waals surface area (Å²) in [6, 6.07) is 3.05. The third-order valence-corrected chi connectivity index (χ3v) is 2.46. The highest BCUT2D eigenvalue weighted by Gasteiger charge is 2.21. The molecule has 1 saturated heterocycles. The topological polar surface area (TPSA) is 86.9 Å². The Bertz CT molecular complexity index is 380. The van der Waals surface area contributed by atoms with Gasteiger partial charge in [-0.15, -0.1) is 0 Å². The summed E-state index contributed by atoms with van der Waals surface area (Å²) in [6.07, 6.45) is 3.25. The largest absolute Gasteiger partial charge is 0.459 e. The smallest absolute Gasteiger partial charge is 0.314 e. The fourth-order valence-electron chi connectivity index (χ4n) is 1.66. The van der Waals surface area contributed by atoms with Crippen molar-refractivity contribution in [3.05, 3.63) is 24.2 Å². The lowest BCUT2D eigenvalue weighted by Gasteiger charge is -2.11. The molecule has 0 spiro atoms. The number of amidine groups is 1. The number of hydroxylamine groups is 1. The summed E-state index contributed by atoms with van der Waals surface area (Å²) < 4.78 is 4.92. The van der Waals surface area contributed by atoms with Crippen LogP contribution in [0.4, 0.5) is 0 Å². The molecule has 6 heteroatoms. The lowest BCUT2D eigenvalue weighted by Crippen LogP contribution is -2.39. The van der Waals surface area contributed by atoms with Crippen molar-refractivity contribution in [2.45, 2.75) is 18.9 Å². The number of furan rings is 1. The van der Waals surface area contributed by atoms with Crippen LogP contribution in [0.15, 0.2) is 27.8 Å². The molecular formula is C10H13N3O3. The fraction of sp³-hybridized carbons (Fsp3) is 0.400. The van der Waals surface area contributed by atoms with Gasteiger partial charge in [-0.1, -0.05) is 0 Å². The Kier molecular flexibility index (Phi) is 3.33. The molecule has 1 aromatic heterocycles. The van der Waals surface area contributed by atoms with Crippen LogP contribution in [0.2, 0.25) is 0 Å². The first-order valence-electron chi connectivity index (χ1n) is 5.11. The minimum atomic E-state index is -0.504. The highest BCUT2D eigenvalue weighted by molar-refractivity contribution is 6.03. The molecule has 86 valence electrons. The van der Waals surface area contributed by atoms with Gasteiger partial charge in [0.1, 0.15) is 5.84 Å². The molecule has 1 aliphatic rings. The number of carbonyl (C=O) groups excluding carboxylic acids is 1. The zero-order valence-electron chi connectivity index (χ0n) is 8.64. The molecule has 3 N–H and O–H groups in total. The van der Waals surface area contributed by atoms with Gasteiger partial charge in [0.05, 0.1) is 12.3 Å². The predicted molar refractivity (Wildman–Crippen MR) is 56.4 cm³/mol. The Morgan fingerprint density at radius 1 is 1.69 bits per heavy atom. The number of hydrogen-bond donors (Lipinski definition) is 3. The minimum Gasteiger partial charge on any atom is -0.459 e. The third-order valence-electron chi connectivity index (χ3n) is 2.46. The molecule has 0 bridgehead atoms. The SMILES string of the molecule is O=C(N=C(NO)C1CCCN1)c1ccco1. The summed E-state index contributed by atoms with van der Waals surface area (Å²) in [5, 5.41) is 12.1. The van der Waals surface area contributed by atoms with Crippen LogP contribution in [0.5, 0.6) is 0 Å². The first kappa shape index (κ1) is 10.8. The van der Waals surface area contributed by atoms with Gasteiger partial charge in [0.25, 0.3) is 0 Å². The van der Waals surface area contributed by atoms with Crippen molar-refractivity contribution in [3.63, 3.8) is 0 Å². The second-order valence-corrected chi connectivity index (χ2v) is 3.54. The van der Waals surface area contributed by atoms with Crippen molar-refractivity contribution in [2.75, 3.05) is 6.54 Å². The van der Waals surface area contributed by atoms with E-state index in [4.69, 9.17) is 9.62 Å². The van der Waals surface area contributed by atoms with E-state index in [0.29, 0.717) is 0 Å². The van der Waals surface area contributed by atoms with Crippen LogP contribution < -0.4 is 10.8 Å². The molecule has 0 aliphatic carbocycles. The normalized spacial score (nSPS) is 21.1. The van der Waals surface area contributed by atoms with E-state index in [1.165, 1.54) is 12.3 Å². The summed E-state index contributed by atoms with van der Waals surface area (Å²) in [5.74, 6) is -0.111. The number of aliphatic imine (C=N–C) groups is 1. The lowest BCUT2D eigenvalue weighted by molar-refractivity contribution is 0.0973. The third kappa shape index (κ3) is 2.29. The lowest BCUT2D eigenvalue weighted by atomic mass is 10.2. The van der Waals surface area contributed by atoms with Gasteiger partial charge in [0.2, 0.25) is 0 Å². The van der Waals surface area contributed by atoms with Crippen LogP contribution in [0.25, 0.3) is 0 Å². The van der Waals surface area contributed by atoms with Crippen LogP contribution in [0, 0.1) is 0 Å². The molecule has 16 heavy (non-hydrogen) atoms. The van der Waals surface area contributed by atoms with Gasteiger partial charge in [-0.2, -0.15) is 4.99 Å². The Labute approximate surface area is 92.3 Å². The number of nitrogens with zero attached hydrogens (tertiary/aromatic N) is 1. The summed E-state index contributed by atoms with van der Waals surface area (Å²) >= 11 is 0. The number of rotatable bonds is 2. The van der Waals surface area contributed by atoms with E-state index < -0.39 is 5.91 Å². The maximum Gasteiger partial charge on any atom is 0.314 e. The average Bonchev–Trinajstić information content (AvgIpc) is 2.96. The average molecular weight is 223 g/mol. The van der Waals surface area contributed by atoms with E-state index in [1.54, 1.807) is 6.07 Å². The van der Waals surface area contributed by atoms with Crippen molar-refractivity contribution in [1.82, 2.24) is 10.8 Å². The number of amides is 1. The van der Waals surface area contributed by atoms with E-state index in [-0.39, 0.29) is 17.6 Å². The Hall–Kier alpha value is -1.66. The Morgan fingerprint density at radius 3 is 3.12 bits per heavy atom. The van der Waals surface area contributed by atoms with E-state index in [1.807, 2.05) is 5.48 Å². The minimum absolute atomic E-state index is 0.0936. The van der Waals surface area contributed by atoms with Crippen molar-refractivity contribution >= 4 is 11.7 Å². The maximum atomic E-state index is 11.6. The van der Waals surface area contributed by atoms with Crippen molar-refractivity contribution in [1.29, 1.82) is 0 Å². The van der Waals surface area contributed by atoms with Crippen LogP contribution >= 0.6 is 0 Å². The van der Waals surface area contributed by atoms with Gasteiger partial charge < -0.3 is 9.73 Å². The summed E-state index contributed by atoms with van der Waals surface area (Å²) in [7, 11) is 0. The molecule has 6 nitrogen and oxygen atoms in total. The zero-order chi connectivity index (χ0) is 11.4. The van der Waals surface area contributed by atoms with E-state index >= 15 is 0 Å². The van der Waals surface area contributed by atoms with Gasteiger partial charge in [-0.25, -0.2) is 0 Å². The van der Waals surface area contributed by atoms with Crippen molar-refractivity contribution in [3.8, 4) is 0 Å². The monoisotopic (exact) mass is 223 g/mol. The number of hydrogen-bond acceptors (Lipinski definition) is 4. The predicted octanol–water partition coefficient (Wildman–Crippen LogP) is 0.549. The maximum absolute atomic E-state index is 11.6. The first-order chi connectivity index (χ1) is 7.81. The highest BCUT2D eigenvalue weighted by atomic mass is 16.5. The molecule has 1 fully saturated rings. The van der Waals surface area contributed by atoms with Crippen LogP contribution in [-0.4, -0.2) is 29.5 Å². The molecule has 1 aromatic rings. The molecular weight excluding hydrogens is 210 g/mol. The van der Waals surface area contributed by atoms with Crippen molar-refractivity contribution in [2.24, 2.45) is 4.99 Å². The molecule has 2 rings (SSSR count). The molecule has 1 unspecified atom stereocenters. The van der Waals surface area contributed by atoms with E-state index in [9.17, 15) is 4.79 Å². The summed E-state index contributed by atoms with van der Waals surface area (Å²) in [5.41, 5.74) is 1.96. The van der Waals surface area contributed by atoms with Gasteiger partial charge in [0, 0.05) is 0 Å². The van der Waals surface area contributed by atoms with E-state index in [0.717, 1.165) is 19.4 Å². The number of carbonyl (C=O) groups is 1. The Morgan fingerprint density at radius 2 is 2.56 bits per heavy atom. The molecule has 0 saturated carbocycles. The summed E-state index contributed by atoms with van der Waals surface area (Å²) in [6.45, 7) is 0.861. The van der Waals surface area contributed by atoms with Crippen LogP contribution in [0.3, 0.4) is 0 Å². The molecule has 1 atom stereocenters. The Balaban J connectivity index is 2.11. The van der Waals surface area contributed by atoms with Crippen LogP contribution in [0.1, 0.15) is 23.4 Å². The quantitative estimate of drug-likeness (QED) is 0.387. The number of nitrogens with one attached hydrogen (secondary N) is 2. The van der Waals surface area contributed by atoms with Gasteiger partial charge in [-0.3, -0.25) is 15.5 Å². The van der Waals surface area contributed by atoms with E-state index in [2.05, 4.69) is 10.3 Å². The summed E-state index contributed by atoms with van der Waals surface area (Å²) in [4.78, 5) is 15.4. The molecule has 2 heterocycles. The van der Waals surface area contributed by atoms with Crippen molar-refractivity contribution < 1.29 is 14.4 Å². The molecule has 0 radical (unpaired) electrons. The zero-order valence-corrected chi connectivity index (χ0v) is 8.64. The molecule has 1 aliphatic heterocycles. The first-order valence-corrected chi connectivity index (χ1v) is 5.11. The molecule has 0 aromatic carbocycles. The second kappa shape index (κ2) is 4.91. The standard InChI is InChI=1S/C10H13N3O3/c14-10(8-4-2-6-16-8)12-9(13-15)7-3-1-5-11-7/h2,4,6-7,11,15H,1,3,5H2,(H,12,13,14). The van der Waals surface area contributed by atoms with Gasteiger partial charge >= 0.3 is 5.91 Å². The van der Waals surface area contributed by atoms with Gasteiger partial charge in [-0.05, 0) is 31.5 Å². The van der Waals surface area contributed by atoms with Gasteiger partial charge in [0.15, 0.2) is 5.76 Å². The van der Waals surface area contributed by atoms with Crippen LogP contribution in [-0.2, 0) is 0 Å². The highest BCUT2D eigenvalue weighted by Crippen LogP contribution is 2.08. The molecule has 1 amide bonds. The second-order valence-electron chi connectivity index (χ2n) is 3.54.